The zero-order chi connectivity index (χ0) is 25.7. The first kappa shape index (κ1) is 24.6. The molecule has 0 aliphatic rings. The van der Waals surface area contributed by atoms with Crippen molar-refractivity contribution in [3.63, 3.8) is 0 Å². The van der Waals surface area contributed by atoms with Gasteiger partial charge in [-0.25, -0.2) is 9.59 Å². The summed E-state index contributed by atoms with van der Waals surface area (Å²) in [6.07, 6.45) is 0. The van der Waals surface area contributed by atoms with E-state index < -0.39 is 22.1 Å². The van der Waals surface area contributed by atoms with Crippen molar-refractivity contribution < 1.29 is 31.7 Å². The Bertz CT molecular complexity index is 1530. The topological polar surface area (TPSA) is 120 Å². The van der Waals surface area contributed by atoms with E-state index in [1.54, 1.807) is 6.07 Å². The van der Waals surface area contributed by atoms with Crippen LogP contribution in [-0.2, 0) is 14.9 Å². The predicted molar refractivity (Wildman–Crippen MR) is 135 cm³/mol. The number of urea groups is 1. The fraction of sp³-hybridized carbons (Fsp3) is 0.0769. The van der Waals surface area contributed by atoms with Crippen LogP contribution in [0.1, 0.15) is 10.4 Å². The van der Waals surface area contributed by atoms with E-state index in [4.69, 9.17) is 13.7 Å². The molecule has 0 aromatic heterocycles. The van der Waals surface area contributed by atoms with E-state index in [-0.39, 0.29) is 21.9 Å². The van der Waals surface area contributed by atoms with Crippen molar-refractivity contribution in [1.82, 2.24) is 0 Å². The van der Waals surface area contributed by atoms with E-state index in [2.05, 4.69) is 10.6 Å². The molecule has 0 atom stereocenters. The molecule has 0 spiro atoms. The van der Waals surface area contributed by atoms with Crippen molar-refractivity contribution in [1.29, 1.82) is 0 Å². The van der Waals surface area contributed by atoms with Gasteiger partial charge in [-0.2, -0.15) is 8.42 Å². The minimum atomic E-state index is -4.26. The van der Waals surface area contributed by atoms with Crippen LogP contribution in [0.2, 0.25) is 0 Å². The second-order valence-corrected chi connectivity index (χ2v) is 9.07. The largest absolute Gasteiger partial charge is 0.497 e. The van der Waals surface area contributed by atoms with Crippen LogP contribution in [0.5, 0.6) is 11.5 Å². The van der Waals surface area contributed by atoms with Crippen LogP contribution < -0.4 is 19.6 Å². The number of rotatable bonds is 7. The lowest BCUT2D eigenvalue weighted by Crippen LogP contribution is -2.20. The van der Waals surface area contributed by atoms with E-state index in [0.717, 1.165) is 17.9 Å². The number of esters is 1. The highest BCUT2D eigenvalue weighted by Crippen LogP contribution is 2.28. The van der Waals surface area contributed by atoms with Crippen LogP contribution in [0.3, 0.4) is 0 Å². The summed E-state index contributed by atoms with van der Waals surface area (Å²) in [4.78, 5) is 24.9. The van der Waals surface area contributed by atoms with Crippen LogP contribution in [0.15, 0.2) is 89.8 Å². The average Bonchev–Trinajstić information content (AvgIpc) is 2.89. The van der Waals surface area contributed by atoms with E-state index >= 15 is 0 Å². The summed E-state index contributed by atoms with van der Waals surface area (Å²) >= 11 is 0. The molecule has 0 unspecified atom stereocenters. The molecule has 0 aliphatic carbocycles. The lowest BCUT2D eigenvalue weighted by atomic mass is 10.1. The zero-order valence-electron chi connectivity index (χ0n) is 19.3. The first-order chi connectivity index (χ1) is 17.3. The minimum absolute atomic E-state index is 0.129. The predicted octanol–water partition coefficient (Wildman–Crippen LogP) is 5.05. The van der Waals surface area contributed by atoms with E-state index in [1.807, 2.05) is 36.4 Å². The maximum atomic E-state index is 12.7. The molecule has 2 amide bonds. The molecule has 0 heterocycles. The number of ether oxygens (including phenoxy) is 2. The molecular weight excluding hydrogens is 484 g/mol. The third kappa shape index (κ3) is 5.39. The Labute approximate surface area is 207 Å². The number of nitrogens with one attached hydrogen (secondary N) is 2. The number of fused-ring (bicyclic) bond motifs is 1. The molecule has 4 aromatic carbocycles. The van der Waals surface area contributed by atoms with Gasteiger partial charge >= 0.3 is 22.1 Å². The third-order valence-electron chi connectivity index (χ3n) is 5.23. The minimum Gasteiger partial charge on any atom is -0.497 e. The number of carbonyl (C=O) groups excluding carboxylic acids is 2. The molecule has 4 aromatic rings. The lowest BCUT2D eigenvalue weighted by molar-refractivity contribution is 0.0599. The Morgan fingerprint density at radius 3 is 2.25 bits per heavy atom. The second-order valence-electron chi connectivity index (χ2n) is 7.52. The van der Waals surface area contributed by atoms with Crippen molar-refractivity contribution in [3.8, 4) is 11.5 Å². The number of anilines is 2. The fourth-order valence-corrected chi connectivity index (χ4v) is 4.43. The zero-order valence-corrected chi connectivity index (χ0v) is 20.2. The van der Waals surface area contributed by atoms with Gasteiger partial charge in [0, 0.05) is 11.1 Å². The van der Waals surface area contributed by atoms with Crippen LogP contribution >= 0.6 is 0 Å². The SMILES string of the molecule is COC(=O)c1cc(NC(=O)Nc2cccc3ccccc23)ccc1OS(=O)(=O)c1ccc(OC)cc1. The summed E-state index contributed by atoms with van der Waals surface area (Å²) in [5.74, 6) is -0.618. The summed E-state index contributed by atoms with van der Waals surface area (Å²) in [6.45, 7) is 0. The lowest BCUT2D eigenvalue weighted by Gasteiger charge is -2.14. The summed E-state index contributed by atoms with van der Waals surface area (Å²) in [6, 6.07) is 22.1. The van der Waals surface area contributed by atoms with Gasteiger partial charge in [-0.05, 0) is 53.9 Å². The van der Waals surface area contributed by atoms with Crippen molar-refractivity contribution in [2.45, 2.75) is 4.90 Å². The molecule has 0 radical (unpaired) electrons. The van der Waals surface area contributed by atoms with Gasteiger partial charge in [0.2, 0.25) is 0 Å². The van der Waals surface area contributed by atoms with E-state index in [9.17, 15) is 18.0 Å². The molecule has 4 rings (SSSR count). The molecule has 0 aliphatic heterocycles. The van der Waals surface area contributed by atoms with Gasteiger partial charge in [-0.15, -0.1) is 0 Å². The number of hydrogen-bond acceptors (Lipinski definition) is 7. The molecule has 9 nitrogen and oxygen atoms in total. The normalized spacial score (nSPS) is 10.9. The number of benzene rings is 4. The van der Waals surface area contributed by atoms with Gasteiger partial charge in [0.05, 0.1) is 19.9 Å². The quantitative estimate of drug-likeness (QED) is 0.266. The number of hydrogen-bond donors (Lipinski definition) is 2. The van der Waals surface area contributed by atoms with Crippen molar-refractivity contribution >= 4 is 44.3 Å². The molecule has 0 saturated heterocycles. The molecular formula is C26H22N2O7S. The Hall–Kier alpha value is -4.57. The molecule has 0 bridgehead atoms. The number of amides is 2. The second kappa shape index (κ2) is 10.4. The first-order valence-corrected chi connectivity index (χ1v) is 12.1. The van der Waals surface area contributed by atoms with Crippen LogP contribution in [0.25, 0.3) is 10.8 Å². The van der Waals surface area contributed by atoms with E-state index in [0.29, 0.717) is 11.4 Å². The van der Waals surface area contributed by atoms with Crippen LogP contribution in [0.4, 0.5) is 16.2 Å². The first-order valence-electron chi connectivity index (χ1n) is 10.7. The molecule has 10 heteroatoms. The summed E-state index contributed by atoms with van der Waals surface area (Å²) in [5.41, 5.74) is 0.643. The molecule has 184 valence electrons. The maximum absolute atomic E-state index is 12.7. The van der Waals surface area contributed by atoms with E-state index in [1.165, 1.54) is 49.6 Å². The third-order valence-corrected chi connectivity index (χ3v) is 6.48. The van der Waals surface area contributed by atoms with Crippen LogP contribution in [0, 0.1) is 0 Å². The number of methoxy groups -OCH3 is 2. The summed E-state index contributed by atoms with van der Waals surface area (Å²) < 4.78 is 40.5. The Morgan fingerprint density at radius 2 is 1.53 bits per heavy atom. The van der Waals surface area contributed by atoms with Crippen molar-refractivity contribution in [2.24, 2.45) is 0 Å². The Kier molecular flexibility index (Phi) is 7.07. The van der Waals surface area contributed by atoms with Gasteiger partial charge in [-0.3, -0.25) is 0 Å². The van der Waals surface area contributed by atoms with Crippen molar-refractivity contribution in [2.75, 3.05) is 24.9 Å². The molecule has 36 heavy (non-hydrogen) atoms. The maximum Gasteiger partial charge on any atom is 0.341 e. The molecule has 0 saturated carbocycles. The fourth-order valence-electron chi connectivity index (χ4n) is 3.48. The monoisotopic (exact) mass is 506 g/mol. The van der Waals surface area contributed by atoms with Gasteiger partial charge in [0.15, 0.2) is 5.75 Å². The number of carbonyl (C=O) groups is 2. The highest BCUT2D eigenvalue weighted by atomic mass is 32.2. The van der Waals surface area contributed by atoms with Crippen molar-refractivity contribution in [3.05, 3.63) is 90.5 Å². The molecule has 2 N–H and O–H groups in total. The Morgan fingerprint density at radius 1 is 0.806 bits per heavy atom. The smallest absolute Gasteiger partial charge is 0.341 e. The van der Waals surface area contributed by atoms with Gasteiger partial charge in [-0.1, -0.05) is 36.4 Å². The average molecular weight is 507 g/mol. The summed E-state index contributed by atoms with van der Waals surface area (Å²) in [5, 5.41) is 7.23. The van der Waals surface area contributed by atoms with Gasteiger partial charge < -0.3 is 24.3 Å². The highest BCUT2D eigenvalue weighted by molar-refractivity contribution is 7.87. The standard InChI is InChI=1S/C26H22N2O7S/c1-33-19-11-13-20(14-12-19)36(31,32)35-24-15-10-18(16-22(24)25(29)34-2)27-26(30)28-23-9-5-7-17-6-3-4-8-21(17)23/h3-16H,1-2H3,(H2,27,28,30). The highest BCUT2D eigenvalue weighted by Gasteiger charge is 2.22. The molecule has 0 fully saturated rings. The Balaban J connectivity index is 1.56. The van der Waals surface area contributed by atoms with Crippen LogP contribution in [-0.4, -0.2) is 34.6 Å². The van der Waals surface area contributed by atoms with Gasteiger partial charge in [0.25, 0.3) is 0 Å². The van der Waals surface area contributed by atoms with Gasteiger partial charge in [0.1, 0.15) is 16.2 Å². The summed E-state index contributed by atoms with van der Waals surface area (Å²) in [7, 11) is -1.65.